The van der Waals surface area contributed by atoms with Gasteiger partial charge in [0.25, 0.3) is 0 Å². The fourth-order valence-corrected chi connectivity index (χ4v) is 5.05. The van der Waals surface area contributed by atoms with Gasteiger partial charge in [0, 0.05) is 15.9 Å². The third-order valence-corrected chi connectivity index (χ3v) is 6.43. The van der Waals surface area contributed by atoms with E-state index in [4.69, 9.17) is 5.11 Å². The van der Waals surface area contributed by atoms with Gasteiger partial charge < -0.3 is 5.11 Å². The maximum absolute atomic E-state index is 9.08. The van der Waals surface area contributed by atoms with E-state index < -0.39 is 0 Å². The zero-order valence-corrected chi connectivity index (χ0v) is 11.0. The molecule has 1 saturated heterocycles. The van der Waals surface area contributed by atoms with Crippen LogP contribution in [0, 0.1) is 0 Å². The molecule has 1 N–H and O–H groups in total. The maximum Gasteiger partial charge on any atom is 0.0755 e. The molecule has 0 bridgehead atoms. The summed E-state index contributed by atoms with van der Waals surface area (Å²) in [6, 6.07) is 8.76. The van der Waals surface area contributed by atoms with Crippen molar-refractivity contribution < 1.29 is 5.11 Å². The SMILES string of the molecule is CSc1ccc(C2SCC(CO)S2)cc1. The van der Waals surface area contributed by atoms with Crippen molar-refractivity contribution in [3.63, 3.8) is 0 Å². The molecule has 0 radical (unpaired) electrons. The van der Waals surface area contributed by atoms with Crippen molar-refractivity contribution in [2.75, 3.05) is 18.6 Å². The highest BCUT2D eigenvalue weighted by Gasteiger charge is 2.26. The van der Waals surface area contributed by atoms with Crippen molar-refractivity contribution in [2.24, 2.45) is 0 Å². The van der Waals surface area contributed by atoms with E-state index in [0.29, 0.717) is 16.4 Å². The Labute approximate surface area is 103 Å². The van der Waals surface area contributed by atoms with E-state index in [1.165, 1.54) is 10.5 Å². The molecule has 1 fully saturated rings. The van der Waals surface area contributed by atoms with E-state index in [1.54, 1.807) is 11.8 Å². The summed E-state index contributed by atoms with van der Waals surface area (Å²) in [5.41, 5.74) is 1.37. The second-order valence-corrected chi connectivity index (χ2v) is 7.11. The third kappa shape index (κ3) is 2.87. The van der Waals surface area contributed by atoms with Crippen LogP contribution >= 0.6 is 35.3 Å². The number of rotatable bonds is 3. The largest absolute Gasteiger partial charge is 0.395 e. The van der Waals surface area contributed by atoms with Crippen LogP contribution in [0.5, 0.6) is 0 Å². The van der Waals surface area contributed by atoms with E-state index in [-0.39, 0.29) is 0 Å². The molecular weight excluding hydrogens is 244 g/mol. The molecule has 82 valence electrons. The van der Waals surface area contributed by atoms with Crippen LogP contribution in [0.15, 0.2) is 29.2 Å². The number of hydrogen-bond donors (Lipinski definition) is 1. The average molecular weight is 258 g/mol. The lowest BCUT2D eigenvalue weighted by molar-refractivity contribution is 0.301. The quantitative estimate of drug-likeness (QED) is 0.839. The summed E-state index contributed by atoms with van der Waals surface area (Å²) in [5.74, 6) is 1.07. The van der Waals surface area contributed by atoms with Crippen LogP contribution in [0.1, 0.15) is 10.1 Å². The lowest BCUT2D eigenvalue weighted by Gasteiger charge is -2.09. The molecule has 0 aromatic heterocycles. The Bertz CT molecular complexity index is 312. The predicted molar refractivity (Wildman–Crippen MR) is 71.9 cm³/mol. The highest BCUT2D eigenvalue weighted by molar-refractivity contribution is 8.19. The van der Waals surface area contributed by atoms with Gasteiger partial charge in [-0.05, 0) is 24.0 Å². The summed E-state index contributed by atoms with van der Waals surface area (Å²) < 4.78 is 0.512. The van der Waals surface area contributed by atoms with Crippen molar-refractivity contribution in [2.45, 2.75) is 14.7 Å². The van der Waals surface area contributed by atoms with Crippen LogP contribution in [0.25, 0.3) is 0 Å². The van der Waals surface area contributed by atoms with E-state index in [2.05, 4.69) is 30.5 Å². The van der Waals surface area contributed by atoms with Gasteiger partial charge in [0.05, 0.1) is 11.2 Å². The molecule has 1 aliphatic rings. The van der Waals surface area contributed by atoms with Gasteiger partial charge in [0.2, 0.25) is 0 Å². The summed E-state index contributed by atoms with van der Waals surface area (Å²) in [5, 5.41) is 9.49. The minimum Gasteiger partial charge on any atom is -0.395 e. The molecule has 1 heterocycles. The Morgan fingerprint density at radius 1 is 1.40 bits per heavy atom. The molecule has 4 heteroatoms. The van der Waals surface area contributed by atoms with Crippen LogP contribution < -0.4 is 0 Å². The molecule has 0 amide bonds. The number of hydrogen-bond acceptors (Lipinski definition) is 4. The van der Waals surface area contributed by atoms with Gasteiger partial charge in [-0.15, -0.1) is 35.3 Å². The lowest BCUT2D eigenvalue weighted by Crippen LogP contribution is -2.05. The molecule has 15 heavy (non-hydrogen) atoms. The fourth-order valence-electron chi connectivity index (χ4n) is 1.48. The molecule has 1 aromatic rings. The molecule has 0 spiro atoms. The summed E-state index contributed by atoms with van der Waals surface area (Å²) >= 11 is 5.59. The Hall–Kier alpha value is 0.230. The predicted octanol–water partition coefficient (Wildman–Crippen LogP) is 3.25. The van der Waals surface area contributed by atoms with Gasteiger partial charge in [-0.3, -0.25) is 0 Å². The van der Waals surface area contributed by atoms with Crippen molar-refractivity contribution in [1.29, 1.82) is 0 Å². The van der Waals surface area contributed by atoms with Crippen LogP contribution in [0.4, 0.5) is 0 Å². The van der Waals surface area contributed by atoms with Crippen LogP contribution in [0.2, 0.25) is 0 Å². The molecule has 2 unspecified atom stereocenters. The summed E-state index contributed by atoms with van der Waals surface area (Å²) in [4.78, 5) is 1.31. The van der Waals surface area contributed by atoms with Crippen LogP contribution in [-0.4, -0.2) is 29.0 Å². The first kappa shape index (κ1) is 11.7. The van der Waals surface area contributed by atoms with Gasteiger partial charge in [0.1, 0.15) is 0 Å². The number of thioether (sulfide) groups is 3. The first-order valence-electron chi connectivity index (χ1n) is 4.85. The van der Waals surface area contributed by atoms with Crippen LogP contribution in [0.3, 0.4) is 0 Å². The average Bonchev–Trinajstić information content (AvgIpc) is 2.78. The first-order valence-corrected chi connectivity index (χ1v) is 8.07. The normalized spacial score (nSPS) is 25.7. The second kappa shape index (κ2) is 5.53. The Kier molecular flexibility index (Phi) is 4.31. The first-order chi connectivity index (χ1) is 7.33. The lowest BCUT2D eigenvalue weighted by atomic mass is 10.2. The van der Waals surface area contributed by atoms with E-state index in [0.717, 1.165) is 5.75 Å². The van der Waals surface area contributed by atoms with E-state index in [1.807, 2.05) is 23.5 Å². The van der Waals surface area contributed by atoms with Crippen molar-refractivity contribution in [3.8, 4) is 0 Å². The Morgan fingerprint density at radius 2 is 2.13 bits per heavy atom. The van der Waals surface area contributed by atoms with Gasteiger partial charge in [-0.2, -0.15) is 0 Å². The van der Waals surface area contributed by atoms with Crippen molar-refractivity contribution in [1.82, 2.24) is 0 Å². The Morgan fingerprint density at radius 3 is 2.67 bits per heavy atom. The topological polar surface area (TPSA) is 20.2 Å². The van der Waals surface area contributed by atoms with E-state index in [9.17, 15) is 0 Å². The van der Waals surface area contributed by atoms with E-state index >= 15 is 0 Å². The molecule has 0 aliphatic carbocycles. The Balaban J connectivity index is 2.04. The smallest absolute Gasteiger partial charge is 0.0755 e. The zero-order valence-electron chi connectivity index (χ0n) is 8.55. The van der Waals surface area contributed by atoms with Gasteiger partial charge in [-0.1, -0.05) is 12.1 Å². The molecule has 0 saturated carbocycles. The van der Waals surface area contributed by atoms with Gasteiger partial charge >= 0.3 is 0 Å². The molecule has 2 rings (SSSR count). The van der Waals surface area contributed by atoms with Gasteiger partial charge in [-0.25, -0.2) is 0 Å². The summed E-state index contributed by atoms with van der Waals surface area (Å²) in [7, 11) is 0. The standard InChI is InChI=1S/C11H14OS3/c1-13-9-4-2-8(3-5-9)11-14-7-10(6-12)15-11/h2-5,10-12H,6-7H2,1H3. The highest BCUT2D eigenvalue weighted by Crippen LogP contribution is 2.49. The molecule has 1 nitrogen and oxygen atoms in total. The molecule has 1 aromatic carbocycles. The number of aliphatic hydroxyl groups excluding tert-OH is 1. The molecule has 1 aliphatic heterocycles. The molecule has 2 atom stereocenters. The number of benzene rings is 1. The monoisotopic (exact) mass is 258 g/mol. The van der Waals surface area contributed by atoms with Gasteiger partial charge in [0.15, 0.2) is 0 Å². The fraction of sp³-hybridized carbons (Fsp3) is 0.455. The van der Waals surface area contributed by atoms with Crippen molar-refractivity contribution >= 4 is 35.3 Å². The third-order valence-electron chi connectivity index (χ3n) is 2.34. The minimum absolute atomic E-state index is 0.303. The second-order valence-electron chi connectivity index (χ2n) is 3.38. The van der Waals surface area contributed by atoms with Crippen LogP contribution in [-0.2, 0) is 0 Å². The molecular formula is C11H14OS3. The maximum atomic E-state index is 9.08. The summed E-state index contributed by atoms with van der Waals surface area (Å²) in [6.07, 6.45) is 2.09. The number of aliphatic hydroxyl groups is 1. The zero-order chi connectivity index (χ0) is 10.7. The van der Waals surface area contributed by atoms with Crippen molar-refractivity contribution in [3.05, 3.63) is 29.8 Å². The minimum atomic E-state index is 0.303. The highest BCUT2D eigenvalue weighted by atomic mass is 32.2. The summed E-state index contributed by atoms with van der Waals surface area (Å²) in [6.45, 7) is 0.303.